The molecule has 29 heavy (non-hydrogen) atoms. The highest BCUT2D eigenvalue weighted by Gasteiger charge is 2.33. The molecule has 1 N–H and O–H groups in total. The summed E-state index contributed by atoms with van der Waals surface area (Å²) in [5.41, 5.74) is 0. The van der Waals surface area contributed by atoms with E-state index in [9.17, 15) is 9.59 Å². The van der Waals surface area contributed by atoms with Crippen molar-refractivity contribution in [3.8, 4) is 0 Å². The van der Waals surface area contributed by atoms with Crippen LogP contribution in [0.2, 0.25) is 0 Å². The Morgan fingerprint density at radius 1 is 1.17 bits per heavy atom. The lowest BCUT2D eigenvalue weighted by atomic mass is 10.0. The summed E-state index contributed by atoms with van der Waals surface area (Å²) in [5.74, 6) is -0.225. The predicted octanol–water partition coefficient (Wildman–Crippen LogP) is 5.69. The second-order valence-electron chi connectivity index (χ2n) is 7.92. The molecule has 2 saturated carbocycles. The molecular formula is C21H33N3O3S2. The second kappa shape index (κ2) is 11.2. The van der Waals surface area contributed by atoms with Crippen molar-refractivity contribution < 1.29 is 14.3 Å². The van der Waals surface area contributed by atoms with Crippen molar-refractivity contribution in [1.82, 2.24) is 9.88 Å². The largest absolute Gasteiger partial charge is 0.465 e. The Hall–Kier alpha value is -1.28. The van der Waals surface area contributed by atoms with E-state index in [4.69, 9.17) is 4.74 Å². The standard InChI is InChI=1S/C21H33N3O3S2/c1-3-27-19(25)15(2)28-18-14-22-20(29-18)23-21(26)24(17-12-8-9-13-17)16-10-6-4-5-7-11-16/h14-17H,3-13H2,1-2H3,(H,22,23,26). The minimum absolute atomic E-state index is 0.00635. The molecule has 1 atom stereocenters. The number of urea groups is 1. The fourth-order valence-electron chi connectivity index (χ4n) is 4.36. The number of hydrogen-bond donors (Lipinski definition) is 1. The lowest BCUT2D eigenvalue weighted by Gasteiger charge is -2.36. The van der Waals surface area contributed by atoms with Gasteiger partial charge in [-0.3, -0.25) is 10.1 Å². The van der Waals surface area contributed by atoms with Gasteiger partial charge in [-0.2, -0.15) is 0 Å². The van der Waals surface area contributed by atoms with Crippen molar-refractivity contribution in [2.24, 2.45) is 0 Å². The number of nitrogens with one attached hydrogen (secondary N) is 1. The van der Waals surface area contributed by atoms with Crippen molar-refractivity contribution in [3.63, 3.8) is 0 Å². The van der Waals surface area contributed by atoms with Crippen molar-refractivity contribution in [2.45, 2.75) is 99.6 Å². The van der Waals surface area contributed by atoms with E-state index >= 15 is 0 Å². The molecule has 2 aliphatic rings. The van der Waals surface area contributed by atoms with Crippen LogP contribution in [-0.2, 0) is 9.53 Å². The average molecular weight is 440 g/mol. The van der Waals surface area contributed by atoms with Gasteiger partial charge in [-0.05, 0) is 39.5 Å². The van der Waals surface area contributed by atoms with Gasteiger partial charge in [-0.25, -0.2) is 9.78 Å². The number of esters is 1. The van der Waals surface area contributed by atoms with Crippen molar-refractivity contribution >= 4 is 40.2 Å². The molecule has 1 aromatic heterocycles. The van der Waals surface area contributed by atoms with Crippen LogP contribution in [-0.4, -0.2) is 45.8 Å². The lowest BCUT2D eigenvalue weighted by molar-refractivity contribution is -0.142. The number of aromatic nitrogens is 1. The number of carbonyl (C=O) groups is 2. The molecule has 3 rings (SSSR count). The highest BCUT2D eigenvalue weighted by atomic mass is 32.2. The topological polar surface area (TPSA) is 71.5 Å². The van der Waals surface area contributed by atoms with Gasteiger partial charge in [0, 0.05) is 12.1 Å². The van der Waals surface area contributed by atoms with Crippen LogP contribution in [0.15, 0.2) is 10.4 Å². The van der Waals surface area contributed by atoms with E-state index in [1.807, 2.05) is 6.92 Å². The Morgan fingerprint density at radius 3 is 2.34 bits per heavy atom. The number of ether oxygens (including phenoxy) is 1. The average Bonchev–Trinajstić information content (AvgIpc) is 3.29. The third kappa shape index (κ3) is 6.35. The fraction of sp³-hybridized carbons (Fsp3) is 0.762. The maximum absolute atomic E-state index is 13.2. The maximum atomic E-state index is 13.2. The number of rotatable bonds is 7. The highest BCUT2D eigenvalue weighted by Crippen LogP contribution is 2.34. The van der Waals surface area contributed by atoms with E-state index in [0.29, 0.717) is 23.8 Å². The van der Waals surface area contributed by atoms with Gasteiger partial charge in [0.25, 0.3) is 0 Å². The van der Waals surface area contributed by atoms with Gasteiger partial charge in [-0.15, -0.1) is 0 Å². The predicted molar refractivity (Wildman–Crippen MR) is 119 cm³/mol. The molecule has 1 unspecified atom stereocenters. The molecule has 1 heterocycles. The summed E-state index contributed by atoms with van der Waals surface area (Å²) in [7, 11) is 0. The Kier molecular flexibility index (Phi) is 8.66. The van der Waals surface area contributed by atoms with Crippen LogP contribution < -0.4 is 5.32 Å². The van der Waals surface area contributed by atoms with Gasteiger partial charge in [0.2, 0.25) is 0 Å². The van der Waals surface area contributed by atoms with Gasteiger partial charge in [0.1, 0.15) is 5.25 Å². The lowest BCUT2D eigenvalue weighted by Crippen LogP contribution is -2.48. The van der Waals surface area contributed by atoms with E-state index < -0.39 is 0 Å². The summed E-state index contributed by atoms with van der Waals surface area (Å²) in [5, 5.41) is 3.36. The summed E-state index contributed by atoms with van der Waals surface area (Å²) in [4.78, 5) is 31.6. The van der Waals surface area contributed by atoms with Gasteiger partial charge < -0.3 is 9.64 Å². The first-order valence-electron chi connectivity index (χ1n) is 11.0. The molecule has 0 bridgehead atoms. The summed E-state index contributed by atoms with van der Waals surface area (Å²) >= 11 is 2.84. The van der Waals surface area contributed by atoms with E-state index in [1.165, 1.54) is 61.6 Å². The third-order valence-electron chi connectivity index (χ3n) is 5.78. The number of thioether (sulfide) groups is 1. The quantitative estimate of drug-likeness (QED) is 0.336. The van der Waals surface area contributed by atoms with Gasteiger partial charge in [0.05, 0.1) is 17.0 Å². The molecule has 2 aliphatic carbocycles. The first-order valence-corrected chi connectivity index (χ1v) is 12.7. The molecule has 0 aliphatic heterocycles. The Labute approximate surface area is 182 Å². The monoisotopic (exact) mass is 439 g/mol. The summed E-state index contributed by atoms with van der Waals surface area (Å²) in [6.45, 7) is 4.01. The van der Waals surface area contributed by atoms with Crippen LogP contribution in [0.1, 0.15) is 78.1 Å². The van der Waals surface area contributed by atoms with Crippen LogP contribution in [0.3, 0.4) is 0 Å². The zero-order chi connectivity index (χ0) is 20.6. The minimum atomic E-state index is -0.292. The molecule has 8 heteroatoms. The molecular weight excluding hydrogens is 406 g/mol. The third-order valence-corrected chi connectivity index (χ3v) is 7.91. The SMILES string of the molecule is CCOC(=O)C(C)Sc1cnc(NC(=O)N(C2CCCCCC2)C2CCCC2)s1. The maximum Gasteiger partial charge on any atom is 0.324 e. The fourth-order valence-corrected chi connectivity index (χ4v) is 6.39. The molecule has 162 valence electrons. The zero-order valence-electron chi connectivity index (χ0n) is 17.5. The van der Waals surface area contributed by atoms with E-state index in [1.54, 1.807) is 13.1 Å². The Morgan fingerprint density at radius 2 is 1.76 bits per heavy atom. The second-order valence-corrected chi connectivity index (χ2v) is 10.6. The van der Waals surface area contributed by atoms with E-state index in [0.717, 1.165) is 29.9 Å². The molecule has 1 aromatic rings. The first-order chi connectivity index (χ1) is 14.1. The first kappa shape index (κ1) is 22.4. The Bertz CT molecular complexity index is 668. The van der Waals surface area contributed by atoms with Gasteiger partial charge >= 0.3 is 12.0 Å². The van der Waals surface area contributed by atoms with Crippen LogP contribution in [0.25, 0.3) is 0 Å². The summed E-state index contributed by atoms with van der Waals surface area (Å²) < 4.78 is 5.97. The molecule has 6 nitrogen and oxygen atoms in total. The van der Waals surface area contributed by atoms with Gasteiger partial charge in [0.15, 0.2) is 5.13 Å². The summed E-state index contributed by atoms with van der Waals surface area (Å²) in [6, 6.07) is 0.696. The smallest absolute Gasteiger partial charge is 0.324 e. The van der Waals surface area contributed by atoms with Crippen molar-refractivity contribution in [2.75, 3.05) is 11.9 Å². The number of anilines is 1. The van der Waals surface area contributed by atoms with E-state index in [2.05, 4.69) is 15.2 Å². The summed E-state index contributed by atoms with van der Waals surface area (Å²) in [6.07, 6.45) is 13.6. The van der Waals surface area contributed by atoms with Crippen molar-refractivity contribution in [3.05, 3.63) is 6.20 Å². The normalized spacial score (nSPS) is 19.5. The van der Waals surface area contributed by atoms with Crippen molar-refractivity contribution in [1.29, 1.82) is 0 Å². The van der Waals surface area contributed by atoms with E-state index in [-0.39, 0.29) is 17.3 Å². The highest BCUT2D eigenvalue weighted by molar-refractivity contribution is 8.02. The number of hydrogen-bond acceptors (Lipinski definition) is 6. The number of amides is 2. The minimum Gasteiger partial charge on any atom is -0.465 e. The van der Waals surface area contributed by atoms with Crippen LogP contribution in [0, 0.1) is 0 Å². The number of nitrogens with zero attached hydrogens (tertiary/aromatic N) is 2. The van der Waals surface area contributed by atoms with Crippen LogP contribution in [0.5, 0.6) is 0 Å². The molecule has 0 spiro atoms. The number of carbonyl (C=O) groups excluding carboxylic acids is 2. The molecule has 2 fully saturated rings. The zero-order valence-corrected chi connectivity index (χ0v) is 19.2. The van der Waals surface area contributed by atoms with Crippen LogP contribution in [0.4, 0.5) is 9.93 Å². The number of thiazole rings is 1. The molecule has 0 radical (unpaired) electrons. The van der Waals surface area contributed by atoms with Gasteiger partial charge in [-0.1, -0.05) is 61.6 Å². The van der Waals surface area contributed by atoms with Crippen LogP contribution >= 0.6 is 23.1 Å². The molecule has 0 saturated heterocycles. The molecule has 0 aromatic carbocycles. The molecule has 2 amide bonds. The Balaban J connectivity index is 1.63.